The Labute approximate surface area is 152 Å². The molecule has 1 aliphatic carbocycles. The number of hydrogen-bond donors (Lipinski definition) is 0. The van der Waals surface area contributed by atoms with Crippen LogP contribution in [0.5, 0.6) is 5.75 Å². The maximum Gasteiger partial charge on any atom is 0.190 e. The van der Waals surface area contributed by atoms with Crippen LogP contribution in [0.1, 0.15) is 55.9 Å². The first-order valence-electron chi connectivity index (χ1n) is 9.15. The second-order valence-corrected chi connectivity index (χ2v) is 7.65. The molecule has 5 rings (SSSR count). The lowest BCUT2D eigenvalue weighted by Crippen LogP contribution is -2.45. The van der Waals surface area contributed by atoms with Gasteiger partial charge in [-0.05, 0) is 43.2 Å². The number of hydrazone groups is 1. The van der Waals surface area contributed by atoms with Crippen LogP contribution in [0.3, 0.4) is 0 Å². The molecule has 130 valence electrons. The first-order chi connectivity index (χ1) is 12.3. The van der Waals surface area contributed by atoms with Gasteiger partial charge in [-0.1, -0.05) is 30.9 Å². The third kappa shape index (κ3) is 2.63. The predicted molar refractivity (Wildman–Crippen MR) is 96.9 cm³/mol. The fourth-order valence-electron chi connectivity index (χ4n) is 4.41. The van der Waals surface area contributed by atoms with Gasteiger partial charge < -0.3 is 9.15 Å². The lowest BCUT2D eigenvalue weighted by Gasteiger charge is -2.42. The van der Waals surface area contributed by atoms with Gasteiger partial charge in [0.05, 0.1) is 12.3 Å². The second kappa shape index (κ2) is 6.10. The monoisotopic (exact) mass is 356 g/mol. The number of ether oxygens (including phenoxy) is 1. The zero-order valence-corrected chi connectivity index (χ0v) is 14.8. The van der Waals surface area contributed by atoms with E-state index in [0.717, 1.165) is 34.2 Å². The standard InChI is InChI=1S/C20H21ClN2O2/c21-14-8-9-18-15(11-14)17-12-16(19-7-4-10-24-19)22-23(17)20(25-18)13-5-2-1-3-6-13/h4,7-11,13,17,20H,1-3,5-6,12H2/t17-,20+/m1/s1. The molecular formula is C20H21ClN2O2. The van der Waals surface area contributed by atoms with Crippen molar-refractivity contribution in [3.8, 4) is 5.75 Å². The van der Waals surface area contributed by atoms with Gasteiger partial charge in [0.15, 0.2) is 6.23 Å². The molecule has 0 N–H and O–H groups in total. The second-order valence-electron chi connectivity index (χ2n) is 7.21. The van der Waals surface area contributed by atoms with Crippen molar-refractivity contribution < 1.29 is 9.15 Å². The van der Waals surface area contributed by atoms with Crippen LogP contribution in [0, 0.1) is 5.92 Å². The normalized spacial score (nSPS) is 26.0. The molecule has 0 radical (unpaired) electrons. The summed E-state index contributed by atoms with van der Waals surface area (Å²) in [6.45, 7) is 0. The van der Waals surface area contributed by atoms with Crippen LogP contribution in [0.4, 0.5) is 0 Å². The van der Waals surface area contributed by atoms with Gasteiger partial charge in [-0.25, -0.2) is 5.01 Å². The molecule has 0 amide bonds. The van der Waals surface area contributed by atoms with Gasteiger partial charge in [-0.15, -0.1) is 0 Å². The van der Waals surface area contributed by atoms with Crippen molar-refractivity contribution in [2.24, 2.45) is 11.0 Å². The lowest BCUT2D eigenvalue weighted by molar-refractivity contribution is -0.0643. The van der Waals surface area contributed by atoms with Crippen LogP contribution < -0.4 is 4.74 Å². The van der Waals surface area contributed by atoms with E-state index >= 15 is 0 Å². The van der Waals surface area contributed by atoms with Crippen molar-refractivity contribution in [1.82, 2.24) is 5.01 Å². The Hall–Kier alpha value is -1.94. The van der Waals surface area contributed by atoms with Crippen LogP contribution in [0.15, 0.2) is 46.1 Å². The third-order valence-electron chi connectivity index (χ3n) is 5.64. The van der Waals surface area contributed by atoms with Crippen LogP contribution in [-0.2, 0) is 0 Å². The number of nitrogens with zero attached hydrogens (tertiary/aromatic N) is 2. The molecule has 2 aromatic rings. The summed E-state index contributed by atoms with van der Waals surface area (Å²) in [4.78, 5) is 0. The Morgan fingerprint density at radius 3 is 2.80 bits per heavy atom. The highest BCUT2D eigenvalue weighted by atomic mass is 35.5. The number of halogens is 1. The van der Waals surface area contributed by atoms with E-state index in [9.17, 15) is 0 Å². The largest absolute Gasteiger partial charge is 0.468 e. The summed E-state index contributed by atoms with van der Waals surface area (Å²) in [6.07, 6.45) is 8.86. The number of benzene rings is 1. The summed E-state index contributed by atoms with van der Waals surface area (Å²) in [5.74, 6) is 2.33. The van der Waals surface area contributed by atoms with Crippen LogP contribution >= 0.6 is 11.6 Å². The van der Waals surface area contributed by atoms with Crippen molar-refractivity contribution in [2.75, 3.05) is 0 Å². The number of rotatable bonds is 2. The SMILES string of the molecule is Clc1ccc2c(c1)[C@H]1CC(c3ccco3)=NN1[C@H](C1CCCCC1)O2. The van der Waals surface area contributed by atoms with Gasteiger partial charge in [0.1, 0.15) is 17.2 Å². The predicted octanol–water partition coefficient (Wildman–Crippen LogP) is 5.38. The summed E-state index contributed by atoms with van der Waals surface area (Å²) in [7, 11) is 0. The third-order valence-corrected chi connectivity index (χ3v) is 5.88. The van der Waals surface area contributed by atoms with Gasteiger partial charge >= 0.3 is 0 Å². The number of furan rings is 1. The Balaban J connectivity index is 1.55. The van der Waals surface area contributed by atoms with E-state index in [1.54, 1.807) is 6.26 Å². The Kier molecular flexibility index (Phi) is 3.74. The Morgan fingerprint density at radius 2 is 2.00 bits per heavy atom. The summed E-state index contributed by atoms with van der Waals surface area (Å²) >= 11 is 6.26. The molecule has 0 unspecified atom stereocenters. The quantitative estimate of drug-likeness (QED) is 0.724. The molecule has 2 aliphatic heterocycles. The van der Waals surface area contributed by atoms with Gasteiger partial charge in [-0.3, -0.25) is 0 Å². The minimum atomic E-state index is 0.00596. The van der Waals surface area contributed by atoms with E-state index in [4.69, 9.17) is 25.9 Å². The molecule has 1 aromatic heterocycles. The molecule has 0 spiro atoms. The Morgan fingerprint density at radius 1 is 1.12 bits per heavy atom. The highest BCUT2D eigenvalue weighted by Crippen LogP contribution is 2.47. The average molecular weight is 357 g/mol. The first-order valence-corrected chi connectivity index (χ1v) is 9.53. The van der Waals surface area contributed by atoms with Crippen molar-refractivity contribution in [3.63, 3.8) is 0 Å². The fraction of sp³-hybridized carbons (Fsp3) is 0.450. The zero-order chi connectivity index (χ0) is 16.8. The van der Waals surface area contributed by atoms with E-state index in [1.807, 2.05) is 30.3 Å². The van der Waals surface area contributed by atoms with E-state index in [1.165, 1.54) is 32.1 Å². The summed E-state index contributed by atoms with van der Waals surface area (Å²) in [6, 6.07) is 10.0. The summed E-state index contributed by atoms with van der Waals surface area (Å²) in [5, 5.41) is 7.84. The molecule has 25 heavy (non-hydrogen) atoms. The first kappa shape index (κ1) is 15.3. The van der Waals surface area contributed by atoms with Gasteiger partial charge in [-0.2, -0.15) is 5.10 Å². The minimum absolute atomic E-state index is 0.00596. The van der Waals surface area contributed by atoms with Crippen LogP contribution in [-0.4, -0.2) is 16.9 Å². The van der Waals surface area contributed by atoms with Gasteiger partial charge in [0.25, 0.3) is 0 Å². The smallest absolute Gasteiger partial charge is 0.190 e. The average Bonchev–Trinajstić information content (AvgIpc) is 3.31. The highest BCUT2D eigenvalue weighted by Gasteiger charge is 2.44. The molecule has 2 atom stereocenters. The summed E-state index contributed by atoms with van der Waals surface area (Å²) < 4.78 is 12.0. The molecule has 3 heterocycles. The number of hydrogen-bond acceptors (Lipinski definition) is 4. The fourth-order valence-corrected chi connectivity index (χ4v) is 4.59. The van der Waals surface area contributed by atoms with Crippen LogP contribution in [0.25, 0.3) is 0 Å². The topological polar surface area (TPSA) is 38.0 Å². The van der Waals surface area contributed by atoms with E-state index in [2.05, 4.69) is 5.01 Å². The molecule has 1 aromatic carbocycles. The molecule has 0 bridgehead atoms. The van der Waals surface area contributed by atoms with Crippen LogP contribution in [0.2, 0.25) is 5.02 Å². The van der Waals surface area contributed by atoms with E-state index in [0.29, 0.717) is 5.92 Å². The lowest BCUT2D eigenvalue weighted by atomic mass is 9.86. The number of fused-ring (bicyclic) bond motifs is 3. The van der Waals surface area contributed by atoms with E-state index < -0.39 is 0 Å². The maximum absolute atomic E-state index is 6.44. The molecule has 3 aliphatic rings. The Bertz CT molecular complexity index is 796. The zero-order valence-electron chi connectivity index (χ0n) is 14.0. The molecular weight excluding hydrogens is 336 g/mol. The van der Waals surface area contributed by atoms with Crippen molar-refractivity contribution in [3.05, 3.63) is 52.9 Å². The van der Waals surface area contributed by atoms with Crippen molar-refractivity contribution in [2.45, 2.75) is 50.8 Å². The maximum atomic E-state index is 6.44. The highest BCUT2D eigenvalue weighted by molar-refractivity contribution is 6.30. The molecule has 1 saturated carbocycles. The molecule has 0 saturated heterocycles. The van der Waals surface area contributed by atoms with Gasteiger partial charge in [0, 0.05) is 22.9 Å². The van der Waals surface area contributed by atoms with Crippen molar-refractivity contribution >= 4 is 17.3 Å². The molecule has 1 fully saturated rings. The minimum Gasteiger partial charge on any atom is -0.468 e. The summed E-state index contributed by atoms with van der Waals surface area (Å²) in [5.41, 5.74) is 2.12. The van der Waals surface area contributed by atoms with Crippen molar-refractivity contribution in [1.29, 1.82) is 0 Å². The van der Waals surface area contributed by atoms with E-state index in [-0.39, 0.29) is 12.3 Å². The molecule has 5 heteroatoms. The van der Waals surface area contributed by atoms with Gasteiger partial charge in [0.2, 0.25) is 0 Å². The molecule has 4 nitrogen and oxygen atoms in total.